The lowest BCUT2D eigenvalue weighted by Crippen LogP contribution is -2.37. The molecule has 0 N–H and O–H groups in total. The fourth-order valence-corrected chi connectivity index (χ4v) is 7.98. The molecule has 0 radical (unpaired) electrons. The zero-order chi connectivity index (χ0) is 44.1. The number of carbonyl (C=O) groups is 2. The summed E-state index contributed by atoms with van der Waals surface area (Å²) in [5, 5.41) is 0. The standard InChI is InChI=1S/C48H86NO10P/c1-8-10-24-30-43-40(3)41(4)44(58-43)31-26-20-16-12-14-18-22-28-34-47(50)54-38-42(39-56-60(52,53)55-37-36-49(5,6)7)57-48(51)35-29-23-19-15-13-17-21-27-33-46-45(59-46)32-25-11-9-2/h21,27,42,45-46H,8-20,22-26,28-39H2,1-7H3/b27-21-/t42-,45?,46?/m1/s1. The number of allylic oxidation sites excluding steroid dienone is 1. The number of phosphoric ester groups is 1. The van der Waals surface area contributed by atoms with Crippen molar-refractivity contribution in [2.45, 2.75) is 213 Å². The first-order chi connectivity index (χ1) is 28.7. The van der Waals surface area contributed by atoms with E-state index in [1.54, 1.807) is 0 Å². The Labute approximate surface area is 365 Å². The summed E-state index contributed by atoms with van der Waals surface area (Å²) in [6.45, 7) is 8.49. The second-order valence-electron chi connectivity index (χ2n) is 18.1. The van der Waals surface area contributed by atoms with E-state index in [2.05, 4.69) is 39.8 Å². The molecule has 60 heavy (non-hydrogen) atoms. The highest BCUT2D eigenvalue weighted by Crippen LogP contribution is 2.38. The Morgan fingerprint density at radius 1 is 0.700 bits per heavy atom. The Morgan fingerprint density at radius 2 is 1.25 bits per heavy atom. The number of hydrogen-bond donors (Lipinski definition) is 0. The molecule has 4 atom stereocenters. The van der Waals surface area contributed by atoms with Crippen molar-refractivity contribution in [1.29, 1.82) is 0 Å². The summed E-state index contributed by atoms with van der Waals surface area (Å²) in [5.41, 5.74) is 2.66. The number of aryl methyl sites for hydroxylation is 2. The SMILES string of the molecule is CCCCCc1oc(CCCCCCCCCCC(=O)OC[C@H](COP(=O)([O-])OCC[N+](C)(C)C)OC(=O)CCCCCCC/C=C\CC2OC2CCCCC)c(C)c1C. The van der Waals surface area contributed by atoms with Gasteiger partial charge in [0.25, 0.3) is 7.82 Å². The lowest BCUT2D eigenvalue weighted by atomic mass is 10.0. The minimum absolute atomic E-state index is 0.0414. The van der Waals surface area contributed by atoms with Gasteiger partial charge in [0.05, 0.1) is 40.0 Å². The molecular formula is C48H86NO10P. The average Bonchev–Trinajstić information content (AvgIpc) is 3.89. The zero-order valence-electron chi connectivity index (χ0n) is 39.1. The van der Waals surface area contributed by atoms with Gasteiger partial charge in [-0.1, -0.05) is 116 Å². The summed E-state index contributed by atoms with van der Waals surface area (Å²) >= 11 is 0. The summed E-state index contributed by atoms with van der Waals surface area (Å²) in [4.78, 5) is 37.7. The van der Waals surface area contributed by atoms with Crippen molar-refractivity contribution in [2.75, 3.05) is 47.5 Å². The molecule has 1 aliphatic heterocycles. The summed E-state index contributed by atoms with van der Waals surface area (Å²) in [7, 11) is 1.13. The molecule has 1 saturated heterocycles. The van der Waals surface area contributed by atoms with Crippen molar-refractivity contribution in [1.82, 2.24) is 0 Å². The summed E-state index contributed by atoms with van der Waals surface area (Å²) in [6, 6.07) is 0. The first kappa shape index (κ1) is 54.1. The number of phosphoric acid groups is 1. The second-order valence-corrected chi connectivity index (χ2v) is 19.5. The number of esters is 2. The van der Waals surface area contributed by atoms with Gasteiger partial charge >= 0.3 is 11.9 Å². The number of furan rings is 1. The highest BCUT2D eigenvalue weighted by molar-refractivity contribution is 7.45. The van der Waals surface area contributed by atoms with Crippen LogP contribution in [0.3, 0.4) is 0 Å². The maximum Gasteiger partial charge on any atom is 0.306 e. The molecule has 12 heteroatoms. The van der Waals surface area contributed by atoms with Gasteiger partial charge in [0.15, 0.2) is 6.10 Å². The molecule has 348 valence electrons. The summed E-state index contributed by atoms with van der Waals surface area (Å²) in [6.07, 6.45) is 30.8. The van der Waals surface area contributed by atoms with Crippen LogP contribution in [-0.4, -0.2) is 82.2 Å². The third-order valence-corrected chi connectivity index (χ3v) is 12.4. The predicted molar refractivity (Wildman–Crippen MR) is 239 cm³/mol. The van der Waals surface area contributed by atoms with E-state index in [0.717, 1.165) is 82.8 Å². The molecule has 1 aromatic rings. The van der Waals surface area contributed by atoms with Gasteiger partial charge in [0.1, 0.15) is 31.3 Å². The molecule has 0 bridgehead atoms. The maximum atomic E-state index is 12.7. The van der Waals surface area contributed by atoms with Gasteiger partial charge in [-0.3, -0.25) is 14.2 Å². The molecule has 1 fully saturated rings. The Hall–Kier alpha value is -2.01. The molecule has 11 nitrogen and oxygen atoms in total. The largest absolute Gasteiger partial charge is 0.756 e. The van der Waals surface area contributed by atoms with Gasteiger partial charge in [-0.15, -0.1) is 0 Å². The number of carbonyl (C=O) groups excluding carboxylic acids is 2. The minimum Gasteiger partial charge on any atom is -0.756 e. The van der Waals surface area contributed by atoms with Crippen LogP contribution in [0.1, 0.15) is 191 Å². The molecular weight excluding hydrogens is 781 g/mol. The topological polar surface area (TPSA) is 137 Å². The van der Waals surface area contributed by atoms with Crippen molar-refractivity contribution in [3.8, 4) is 0 Å². The lowest BCUT2D eigenvalue weighted by Gasteiger charge is -2.28. The fraction of sp³-hybridized carbons (Fsp3) is 0.833. The number of rotatable bonds is 39. The molecule has 0 aliphatic carbocycles. The Bertz CT molecular complexity index is 1370. The van der Waals surface area contributed by atoms with Gasteiger partial charge in [0.2, 0.25) is 0 Å². The van der Waals surface area contributed by atoms with Crippen LogP contribution in [-0.2, 0) is 50.3 Å². The van der Waals surface area contributed by atoms with Crippen LogP contribution in [0.25, 0.3) is 0 Å². The molecule has 2 heterocycles. The third-order valence-electron chi connectivity index (χ3n) is 11.4. The normalized spacial score (nSPS) is 16.9. The van der Waals surface area contributed by atoms with E-state index in [9.17, 15) is 19.0 Å². The average molecular weight is 868 g/mol. The smallest absolute Gasteiger partial charge is 0.306 e. The van der Waals surface area contributed by atoms with Crippen LogP contribution in [0, 0.1) is 13.8 Å². The van der Waals surface area contributed by atoms with Crippen molar-refractivity contribution in [2.24, 2.45) is 0 Å². The summed E-state index contributed by atoms with van der Waals surface area (Å²) in [5.74, 6) is 1.46. The fourth-order valence-electron chi connectivity index (χ4n) is 7.25. The van der Waals surface area contributed by atoms with Gasteiger partial charge in [0, 0.05) is 25.7 Å². The van der Waals surface area contributed by atoms with E-state index in [1.807, 2.05) is 21.1 Å². The number of hydrogen-bond acceptors (Lipinski definition) is 10. The van der Waals surface area contributed by atoms with Gasteiger partial charge in [-0.25, -0.2) is 0 Å². The van der Waals surface area contributed by atoms with E-state index in [-0.39, 0.29) is 26.1 Å². The molecule has 1 aliphatic rings. The molecule has 0 spiro atoms. The second kappa shape index (κ2) is 31.8. The quantitative estimate of drug-likeness (QED) is 0.0157. The summed E-state index contributed by atoms with van der Waals surface area (Å²) < 4.78 is 46.0. The van der Waals surface area contributed by atoms with Crippen molar-refractivity contribution < 1.29 is 51.2 Å². The van der Waals surface area contributed by atoms with Crippen LogP contribution < -0.4 is 4.89 Å². The number of ether oxygens (including phenoxy) is 3. The first-order valence-corrected chi connectivity index (χ1v) is 25.3. The predicted octanol–water partition coefficient (Wildman–Crippen LogP) is 11.4. The van der Waals surface area contributed by atoms with Gasteiger partial charge in [-0.05, 0) is 76.3 Å². The maximum absolute atomic E-state index is 12.7. The molecule has 2 rings (SSSR count). The number of quaternary nitrogens is 1. The zero-order valence-corrected chi connectivity index (χ0v) is 40.0. The highest BCUT2D eigenvalue weighted by atomic mass is 31.2. The molecule has 3 unspecified atom stereocenters. The van der Waals surface area contributed by atoms with E-state index in [0.29, 0.717) is 36.1 Å². The van der Waals surface area contributed by atoms with Crippen molar-refractivity contribution in [3.63, 3.8) is 0 Å². The van der Waals surface area contributed by atoms with Crippen molar-refractivity contribution >= 4 is 19.8 Å². The Balaban J connectivity index is 1.61. The van der Waals surface area contributed by atoms with Crippen LogP contribution in [0.5, 0.6) is 0 Å². The number of likely N-dealkylation sites (N-methyl/N-ethyl adjacent to an activating group) is 1. The highest BCUT2D eigenvalue weighted by Gasteiger charge is 2.36. The Morgan fingerprint density at radius 3 is 1.87 bits per heavy atom. The molecule has 1 aromatic heterocycles. The van der Waals surface area contributed by atoms with E-state index >= 15 is 0 Å². The monoisotopic (exact) mass is 868 g/mol. The van der Waals surface area contributed by atoms with Gasteiger partial charge in [-0.2, -0.15) is 0 Å². The molecule has 0 aromatic carbocycles. The van der Waals surface area contributed by atoms with Crippen LogP contribution in [0.4, 0.5) is 0 Å². The number of epoxide rings is 1. The van der Waals surface area contributed by atoms with Crippen LogP contribution >= 0.6 is 7.82 Å². The van der Waals surface area contributed by atoms with Crippen LogP contribution in [0.15, 0.2) is 16.6 Å². The molecule has 0 saturated carbocycles. The lowest BCUT2D eigenvalue weighted by molar-refractivity contribution is -0.870. The molecule has 0 amide bonds. The Kier molecular flexibility index (Phi) is 28.7. The minimum atomic E-state index is -4.64. The number of unbranched alkanes of at least 4 members (excludes halogenated alkanes) is 16. The number of nitrogens with zero attached hydrogens (tertiary/aromatic N) is 1. The van der Waals surface area contributed by atoms with Gasteiger partial charge < -0.3 is 37.1 Å². The van der Waals surface area contributed by atoms with Crippen molar-refractivity contribution in [3.05, 3.63) is 34.8 Å². The third kappa shape index (κ3) is 27.1. The first-order valence-electron chi connectivity index (χ1n) is 23.9. The van der Waals surface area contributed by atoms with E-state index in [1.165, 1.54) is 81.1 Å². The van der Waals surface area contributed by atoms with E-state index < -0.39 is 32.5 Å². The van der Waals surface area contributed by atoms with E-state index in [4.69, 9.17) is 27.7 Å². The van der Waals surface area contributed by atoms with Crippen LogP contribution in [0.2, 0.25) is 0 Å².